The lowest BCUT2D eigenvalue weighted by Gasteiger charge is -2.48. The van der Waals surface area contributed by atoms with Crippen molar-refractivity contribution in [3.05, 3.63) is 11.6 Å². The van der Waals surface area contributed by atoms with E-state index in [2.05, 4.69) is 0 Å². The van der Waals surface area contributed by atoms with Crippen LogP contribution < -0.4 is 0 Å². The zero-order chi connectivity index (χ0) is 13.1. The Labute approximate surface area is 105 Å². The molecule has 0 radical (unpaired) electrons. The van der Waals surface area contributed by atoms with Gasteiger partial charge in [-0.15, -0.1) is 0 Å². The van der Waals surface area contributed by atoms with Crippen molar-refractivity contribution in [3.63, 3.8) is 0 Å². The van der Waals surface area contributed by atoms with E-state index < -0.39 is 11.5 Å². The van der Waals surface area contributed by atoms with Crippen LogP contribution in [0.5, 0.6) is 0 Å². The third-order valence-corrected chi connectivity index (χ3v) is 4.72. The molecule has 1 spiro atoms. The minimum atomic E-state index is -0.952. The van der Waals surface area contributed by atoms with Crippen molar-refractivity contribution in [2.75, 3.05) is 0 Å². The lowest BCUT2D eigenvalue weighted by molar-refractivity contribution is -0.171. The van der Waals surface area contributed by atoms with Crippen molar-refractivity contribution >= 4 is 17.5 Å². The maximum atomic E-state index is 12.5. The van der Waals surface area contributed by atoms with E-state index in [0.717, 1.165) is 5.57 Å². The second-order valence-electron chi connectivity index (χ2n) is 5.67. The predicted octanol–water partition coefficient (Wildman–Crippen LogP) is 1.43. The van der Waals surface area contributed by atoms with Gasteiger partial charge in [0.15, 0.2) is 11.4 Å². The van der Waals surface area contributed by atoms with Crippen molar-refractivity contribution in [2.45, 2.75) is 38.7 Å². The van der Waals surface area contributed by atoms with Gasteiger partial charge in [0.05, 0.1) is 0 Å². The Balaban J connectivity index is 2.05. The molecule has 1 saturated carbocycles. The Morgan fingerprint density at radius 3 is 2.72 bits per heavy atom. The second kappa shape index (κ2) is 3.53. The summed E-state index contributed by atoms with van der Waals surface area (Å²) in [4.78, 5) is 35.6. The van der Waals surface area contributed by atoms with E-state index in [1.165, 1.54) is 6.92 Å². The van der Waals surface area contributed by atoms with Gasteiger partial charge in [-0.3, -0.25) is 14.4 Å². The standard InChI is InChI=1S/C14H16O4/c1-7-5-10-9(8(2)15)6-11(7)14(13(10)17)4-3-12(16)18-14/h5,9-11H,3-4,6H2,1-2H3/t9-,10+,11+,14+/m0/s1. The van der Waals surface area contributed by atoms with E-state index in [1.807, 2.05) is 13.0 Å². The van der Waals surface area contributed by atoms with E-state index in [9.17, 15) is 14.4 Å². The summed E-state index contributed by atoms with van der Waals surface area (Å²) >= 11 is 0. The number of esters is 1. The average Bonchev–Trinajstić information content (AvgIpc) is 2.68. The Bertz CT molecular complexity index is 490. The smallest absolute Gasteiger partial charge is 0.306 e. The first kappa shape index (κ1) is 11.6. The van der Waals surface area contributed by atoms with Gasteiger partial charge in [-0.25, -0.2) is 0 Å². The van der Waals surface area contributed by atoms with E-state index in [0.29, 0.717) is 19.3 Å². The number of carbonyl (C=O) groups is 3. The molecular formula is C14H16O4. The molecular weight excluding hydrogens is 232 g/mol. The molecule has 0 amide bonds. The summed E-state index contributed by atoms with van der Waals surface area (Å²) in [5.41, 5.74) is 0.138. The van der Waals surface area contributed by atoms with Gasteiger partial charge in [0.1, 0.15) is 5.78 Å². The Morgan fingerprint density at radius 1 is 1.44 bits per heavy atom. The molecule has 4 atom stereocenters. The number of hydrogen-bond donors (Lipinski definition) is 0. The maximum Gasteiger partial charge on any atom is 0.306 e. The Kier molecular flexibility index (Phi) is 2.28. The number of ketones is 2. The molecule has 0 aromatic carbocycles. The monoisotopic (exact) mass is 248 g/mol. The van der Waals surface area contributed by atoms with Gasteiger partial charge in [-0.2, -0.15) is 0 Å². The fraction of sp³-hybridized carbons (Fsp3) is 0.643. The molecule has 0 N–H and O–H groups in total. The summed E-state index contributed by atoms with van der Waals surface area (Å²) in [5, 5.41) is 0. The molecule has 4 heteroatoms. The number of rotatable bonds is 1. The summed E-state index contributed by atoms with van der Waals surface area (Å²) < 4.78 is 5.39. The van der Waals surface area contributed by atoms with E-state index in [-0.39, 0.29) is 29.4 Å². The third kappa shape index (κ3) is 1.29. The number of ether oxygens (including phenoxy) is 1. The molecule has 3 aliphatic carbocycles. The van der Waals surface area contributed by atoms with Crippen LogP contribution in [-0.4, -0.2) is 23.1 Å². The molecule has 4 aliphatic rings. The van der Waals surface area contributed by atoms with Crippen LogP contribution >= 0.6 is 0 Å². The molecule has 4 nitrogen and oxygen atoms in total. The SMILES string of the molecule is CC(=O)[C@@H]1C[C@@H]2C(C)=C[C@H]1C(=O)[C@@]21CCC(=O)O1. The molecule has 0 aromatic rings. The van der Waals surface area contributed by atoms with Gasteiger partial charge < -0.3 is 4.74 Å². The van der Waals surface area contributed by atoms with E-state index >= 15 is 0 Å². The maximum absolute atomic E-state index is 12.5. The number of carbonyl (C=O) groups excluding carboxylic acids is 3. The summed E-state index contributed by atoms with van der Waals surface area (Å²) in [6.07, 6.45) is 3.33. The van der Waals surface area contributed by atoms with Crippen LogP contribution in [0.4, 0.5) is 0 Å². The molecule has 1 heterocycles. The number of allylic oxidation sites excluding steroid dienone is 1. The van der Waals surface area contributed by atoms with E-state index in [1.54, 1.807) is 0 Å². The van der Waals surface area contributed by atoms with Crippen LogP contribution in [0.3, 0.4) is 0 Å². The minimum absolute atomic E-state index is 0.0567. The Morgan fingerprint density at radius 2 is 2.17 bits per heavy atom. The molecule has 4 rings (SSSR count). The fourth-order valence-electron chi connectivity index (χ4n) is 3.80. The first-order chi connectivity index (χ1) is 8.45. The summed E-state index contributed by atoms with van der Waals surface area (Å²) in [7, 11) is 0. The molecule has 1 saturated heterocycles. The van der Waals surface area contributed by atoms with Crippen molar-refractivity contribution < 1.29 is 19.1 Å². The molecule has 2 fully saturated rings. The minimum Gasteiger partial charge on any atom is -0.450 e. The lowest BCUT2D eigenvalue weighted by Crippen LogP contribution is -2.58. The van der Waals surface area contributed by atoms with Crippen molar-refractivity contribution in [1.29, 1.82) is 0 Å². The quantitative estimate of drug-likeness (QED) is 0.520. The molecule has 2 bridgehead atoms. The second-order valence-corrected chi connectivity index (χ2v) is 5.67. The highest BCUT2D eigenvalue weighted by molar-refractivity contribution is 6.01. The highest BCUT2D eigenvalue weighted by Gasteiger charge is 2.62. The lowest BCUT2D eigenvalue weighted by atomic mass is 9.56. The molecule has 0 aromatic heterocycles. The summed E-state index contributed by atoms with van der Waals surface area (Å²) in [5.74, 6) is -1.01. The number of hydrogen-bond acceptors (Lipinski definition) is 4. The van der Waals surface area contributed by atoms with Crippen molar-refractivity contribution in [2.24, 2.45) is 17.8 Å². The molecule has 96 valence electrons. The van der Waals surface area contributed by atoms with Crippen LogP contribution in [0, 0.1) is 17.8 Å². The molecule has 18 heavy (non-hydrogen) atoms. The number of fused-ring (bicyclic) bond motifs is 1. The normalized spacial score (nSPS) is 42.1. The van der Waals surface area contributed by atoms with Crippen molar-refractivity contribution in [1.82, 2.24) is 0 Å². The van der Waals surface area contributed by atoms with Gasteiger partial charge in [0, 0.05) is 30.6 Å². The van der Waals surface area contributed by atoms with Crippen LogP contribution in [0.1, 0.15) is 33.1 Å². The van der Waals surface area contributed by atoms with Crippen LogP contribution in [0.15, 0.2) is 11.6 Å². The molecule has 1 aliphatic heterocycles. The van der Waals surface area contributed by atoms with Crippen LogP contribution in [-0.2, 0) is 19.1 Å². The summed E-state index contributed by atoms with van der Waals surface area (Å²) in [6, 6.07) is 0. The highest BCUT2D eigenvalue weighted by atomic mass is 16.6. The number of Topliss-reactive ketones (excluding diaryl/α,β-unsaturated/α-hetero) is 2. The van der Waals surface area contributed by atoms with Gasteiger partial charge in [-0.1, -0.05) is 11.6 Å². The fourth-order valence-corrected chi connectivity index (χ4v) is 3.80. The first-order valence-electron chi connectivity index (χ1n) is 6.40. The van der Waals surface area contributed by atoms with Gasteiger partial charge in [0.2, 0.25) is 0 Å². The zero-order valence-electron chi connectivity index (χ0n) is 10.6. The van der Waals surface area contributed by atoms with Gasteiger partial charge >= 0.3 is 5.97 Å². The van der Waals surface area contributed by atoms with Gasteiger partial charge in [0.25, 0.3) is 0 Å². The van der Waals surface area contributed by atoms with Crippen LogP contribution in [0.25, 0.3) is 0 Å². The average molecular weight is 248 g/mol. The predicted molar refractivity (Wildman–Crippen MR) is 62.6 cm³/mol. The van der Waals surface area contributed by atoms with E-state index in [4.69, 9.17) is 4.74 Å². The Hall–Kier alpha value is -1.45. The van der Waals surface area contributed by atoms with Gasteiger partial charge in [-0.05, 0) is 20.3 Å². The third-order valence-electron chi connectivity index (χ3n) is 4.72. The van der Waals surface area contributed by atoms with Crippen molar-refractivity contribution in [3.8, 4) is 0 Å². The summed E-state index contributed by atoms with van der Waals surface area (Å²) in [6.45, 7) is 3.50. The highest BCUT2D eigenvalue weighted by Crippen LogP contribution is 2.53. The first-order valence-corrected chi connectivity index (χ1v) is 6.40. The molecule has 0 unspecified atom stereocenters. The largest absolute Gasteiger partial charge is 0.450 e. The topological polar surface area (TPSA) is 60.4 Å². The zero-order valence-corrected chi connectivity index (χ0v) is 10.6. The van der Waals surface area contributed by atoms with Crippen LogP contribution in [0.2, 0.25) is 0 Å².